The summed E-state index contributed by atoms with van der Waals surface area (Å²) in [6.07, 6.45) is -0.0148. The van der Waals surface area contributed by atoms with Crippen LogP contribution in [0.1, 0.15) is 41.1 Å². The van der Waals surface area contributed by atoms with Crippen LogP contribution in [0.4, 0.5) is 0 Å². The Morgan fingerprint density at radius 2 is 1.55 bits per heavy atom. The van der Waals surface area contributed by atoms with E-state index in [0.717, 1.165) is 5.56 Å². The van der Waals surface area contributed by atoms with Gasteiger partial charge in [0.2, 0.25) is 5.75 Å². The van der Waals surface area contributed by atoms with Gasteiger partial charge < -0.3 is 23.4 Å². The molecule has 1 heterocycles. The molecule has 0 aliphatic rings. The van der Waals surface area contributed by atoms with Gasteiger partial charge in [-0.1, -0.05) is 6.07 Å². The Bertz CT molecular complexity index is 1040. The smallest absolute Gasteiger partial charge is 0.203 e. The number of ketones is 1. The molecule has 3 aromatic rings. The topological polar surface area (TPSA) is 67.1 Å². The van der Waals surface area contributed by atoms with Crippen molar-refractivity contribution in [2.24, 2.45) is 0 Å². The van der Waals surface area contributed by atoms with E-state index >= 15 is 0 Å². The average molecular weight is 398 g/mol. The zero-order valence-corrected chi connectivity index (χ0v) is 17.8. The molecule has 0 aliphatic heterocycles. The van der Waals surface area contributed by atoms with E-state index in [1.165, 1.54) is 21.3 Å². The minimum absolute atomic E-state index is 0.0148. The molecule has 0 bridgehead atoms. The van der Waals surface area contributed by atoms with Gasteiger partial charge in [0.15, 0.2) is 28.6 Å². The van der Waals surface area contributed by atoms with Crippen LogP contribution in [0, 0.1) is 13.8 Å². The van der Waals surface area contributed by atoms with Crippen LogP contribution in [0.3, 0.4) is 0 Å². The normalized spacial score (nSPS) is 11.0. The van der Waals surface area contributed by atoms with E-state index in [4.69, 9.17) is 23.4 Å². The van der Waals surface area contributed by atoms with E-state index in [1.807, 2.05) is 32.9 Å². The third-order valence-electron chi connectivity index (χ3n) is 4.69. The van der Waals surface area contributed by atoms with Crippen LogP contribution in [0.5, 0.6) is 23.0 Å². The molecule has 0 radical (unpaired) electrons. The highest BCUT2D eigenvalue weighted by Crippen LogP contribution is 2.41. The first-order valence-corrected chi connectivity index (χ1v) is 9.36. The molecule has 0 spiro atoms. The zero-order valence-electron chi connectivity index (χ0n) is 17.8. The van der Waals surface area contributed by atoms with Crippen LogP contribution in [0.25, 0.3) is 11.0 Å². The maximum absolute atomic E-state index is 13.4. The molecule has 6 heteroatoms. The predicted molar refractivity (Wildman–Crippen MR) is 111 cm³/mol. The monoisotopic (exact) mass is 398 g/mol. The van der Waals surface area contributed by atoms with Crippen molar-refractivity contribution in [3.05, 3.63) is 46.7 Å². The number of ether oxygens (including phenoxy) is 4. The van der Waals surface area contributed by atoms with Gasteiger partial charge in [0.25, 0.3) is 0 Å². The standard InChI is InChI=1S/C23H26O6/c1-12(2)28-21-13(3)8-9-16-19(14(4)29-22(16)21)20(24)15-10-17(25-5)23(27-7)18(11-15)26-6/h8-12H,1-7H3. The number of fused-ring (bicyclic) bond motifs is 1. The maximum atomic E-state index is 13.4. The van der Waals surface area contributed by atoms with Crippen LogP contribution in [-0.2, 0) is 0 Å². The summed E-state index contributed by atoms with van der Waals surface area (Å²) < 4.78 is 28.0. The fourth-order valence-corrected chi connectivity index (χ4v) is 3.37. The minimum atomic E-state index is -0.195. The van der Waals surface area contributed by atoms with Crippen molar-refractivity contribution in [1.82, 2.24) is 0 Å². The van der Waals surface area contributed by atoms with Gasteiger partial charge in [0.05, 0.1) is 33.0 Å². The lowest BCUT2D eigenvalue weighted by Gasteiger charge is -2.14. The summed E-state index contributed by atoms with van der Waals surface area (Å²) in [5, 5.41) is 0.711. The molecule has 3 rings (SSSR count). The van der Waals surface area contributed by atoms with Crippen molar-refractivity contribution < 1.29 is 28.2 Å². The van der Waals surface area contributed by atoms with Crippen molar-refractivity contribution in [2.45, 2.75) is 33.8 Å². The summed E-state index contributed by atoms with van der Waals surface area (Å²) in [4.78, 5) is 13.4. The number of hydrogen-bond acceptors (Lipinski definition) is 6. The van der Waals surface area contributed by atoms with Gasteiger partial charge in [-0.15, -0.1) is 0 Å². The minimum Gasteiger partial charge on any atom is -0.493 e. The molecule has 6 nitrogen and oxygen atoms in total. The van der Waals surface area contributed by atoms with Crippen molar-refractivity contribution in [2.75, 3.05) is 21.3 Å². The summed E-state index contributed by atoms with van der Waals surface area (Å²) >= 11 is 0. The Kier molecular flexibility index (Phi) is 5.73. The Hall–Kier alpha value is -3.15. The number of rotatable bonds is 7. The number of carbonyl (C=O) groups is 1. The third-order valence-corrected chi connectivity index (χ3v) is 4.69. The van der Waals surface area contributed by atoms with E-state index < -0.39 is 0 Å². The van der Waals surface area contributed by atoms with Crippen LogP contribution in [-0.4, -0.2) is 33.2 Å². The quantitative estimate of drug-likeness (QED) is 0.516. The van der Waals surface area contributed by atoms with E-state index in [2.05, 4.69) is 0 Å². The van der Waals surface area contributed by atoms with Gasteiger partial charge in [-0.25, -0.2) is 0 Å². The lowest BCUT2D eigenvalue weighted by Crippen LogP contribution is -2.07. The molecule has 0 N–H and O–H groups in total. The van der Waals surface area contributed by atoms with Crippen molar-refractivity contribution in [3.8, 4) is 23.0 Å². The first-order valence-electron chi connectivity index (χ1n) is 9.36. The Labute approximate surface area is 170 Å². The second-order valence-electron chi connectivity index (χ2n) is 7.03. The summed E-state index contributed by atoms with van der Waals surface area (Å²) in [5.74, 6) is 2.26. The lowest BCUT2D eigenvalue weighted by molar-refractivity contribution is 0.103. The first-order chi connectivity index (χ1) is 13.8. The molecule has 0 aliphatic carbocycles. The van der Waals surface area contributed by atoms with E-state index in [0.29, 0.717) is 50.9 Å². The average Bonchev–Trinajstić information content (AvgIpc) is 3.04. The molecule has 0 atom stereocenters. The number of carbonyl (C=O) groups excluding carboxylic acids is 1. The maximum Gasteiger partial charge on any atom is 0.203 e. The first kappa shape index (κ1) is 20.6. The summed E-state index contributed by atoms with van der Waals surface area (Å²) in [7, 11) is 4.55. The van der Waals surface area contributed by atoms with Crippen LogP contribution in [0.2, 0.25) is 0 Å². The highest BCUT2D eigenvalue weighted by molar-refractivity contribution is 6.17. The van der Waals surface area contributed by atoms with Gasteiger partial charge in [-0.2, -0.15) is 0 Å². The Morgan fingerprint density at radius 1 is 0.931 bits per heavy atom. The number of benzene rings is 2. The predicted octanol–water partition coefficient (Wildman–Crippen LogP) is 5.09. The third kappa shape index (κ3) is 3.62. The van der Waals surface area contributed by atoms with Gasteiger partial charge in [-0.05, 0) is 51.5 Å². The molecule has 1 aromatic heterocycles. The van der Waals surface area contributed by atoms with E-state index in [9.17, 15) is 4.79 Å². The molecule has 0 fully saturated rings. The van der Waals surface area contributed by atoms with E-state index in [1.54, 1.807) is 19.1 Å². The zero-order chi connectivity index (χ0) is 21.3. The Morgan fingerprint density at radius 3 is 2.07 bits per heavy atom. The summed E-state index contributed by atoms with van der Waals surface area (Å²) in [6.45, 7) is 7.64. The molecule has 2 aromatic carbocycles. The molecule has 0 saturated carbocycles. The van der Waals surface area contributed by atoms with Gasteiger partial charge in [-0.3, -0.25) is 4.79 Å². The Balaban J connectivity index is 2.19. The van der Waals surface area contributed by atoms with Crippen molar-refractivity contribution >= 4 is 16.8 Å². The molecular formula is C23H26O6. The van der Waals surface area contributed by atoms with Gasteiger partial charge in [0, 0.05) is 10.9 Å². The van der Waals surface area contributed by atoms with Crippen molar-refractivity contribution in [1.29, 1.82) is 0 Å². The molecule has 0 amide bonds. The summed E-state index contributed by atoms with van der Waals surface area (Å²) in [6, 6.07) is 7.10. The second-order valence-corrected chi connectivity index (χ2v) is 7.03. The summed E-state index contributed by atoms with van der Waals surface area (Å²) in [5.41, 5.74) is 2.43. The second kappa shape index (κ2) is 8.07. The van der Waals surface area contributed by atoms with Crippen LogP contribution < -0.4 is 18.9 Å². The molecule has 0 unspecified atom stereocenters. The fraction of sp³-hybridized carbons (Fsp3) is 0.348. The van der Waals surface area contributed by atoms with Crippen molar-refractivity contribution in [3.63, 3.8) is 0 Å². The van der Waals surface area contributed by atoms with E-state index in [-0.39, 0.29) is 11.9 Å². The van der Waals surface area contributed by atoms with Gasteiger partial charge in [0.1, 0.15) is 5.76 Å². The van der Waals surface area contributed by atoms with Gasteiger partial charge >= 0.3 is 0 Å². The molecular weight excluding hydrogens is 372 g/mol. The molecule has 29 heavy (non-hydrogen) atoms. The largest absolute Gasteiger partial charge is 0.493 e. The number of hydrogen-bond donors (Lipinski definition) is 0. The number of aryl methyl sites for hydroxylation is 2. The SMILES string of the molecule is COc1cc(C(=O)c2c(C)oc3c(OC(C)C)c(C)ccc23)cc(OC)c1OC. The van der Waals surface area contributed by atoms with Crippen LogP contribution in [0.15, 0.2) is 28.7 Å². The molecule has 154 valence electrons. The lowest BCUT2D eigenvalue weighted by atomic mass is 9.99. The number of furan rings is 1. The number of methoxy groups -OCH3 is 3. The molecule has 0 saturated heterocycles. The van der Waals surface area contributed by atoms with Crippen LogP contribution >= 0.6 is 0 Å². The highest BCUT2D eigenvalue weighted by Gasteiger charge is 2.25. The highest BCUT2D eigenvalue weighted by atomic mass is 16.5. The fourth-order valence-electron chi connectivity index (χ4n) is 3.37.